The van der Waals surface area contributed by atoms with Gasteiger partial charge < -0.3 is 31.2 Å². The highest BCUT2D eigenvalue weighted by Crippen LogP contribution is 2.32. The van der Waals surface area contributed by atoms with Crippen LogP contribution in [0.2, 0.25) is 0 Å². The summed E-state index contributed by atoms with van der Waals surface area (Å²) < 4.78 is 12.1. The number of ether oxygens (including phenoxy) is 2. The lowest BCUT2D eigenvalue weighted by Crippen LogP contribution is -2.54. The van der Waals surface area contributed by atoms with Crippen LogP contribution < -0.4 is 11.5 Å². The number of nitrogens with two attached hydrogens (primary N) is 1. The van der Waals surface area contributed by atoms with Crippen molar-refractivity contribution in [2.75, 3.05) is 18.9 Å². The third kappa shape index (κ3) is 3.88. The Morgan fingerprint density at radius 3 is 2.78 bits per heavy atom. The van der Waals surface area contributed by atoms with Gasteiger partial charge in [0.15, 0.2) is 23.5 Å². The van der Waals surface area contributed by atoms with Crippen LogP contribution in [0.15, 0.2) is 12.7 Å². The molecule has 3 rings (SSSR count). The minimum absolute atomic E-state index is 0.0455. The Morgan fingerprint density at radius 2 is 2.04 bits per heavy atom. The number of rotatable bonds is 7. The van der Waals surface area contributed by atoms with Crippen LogP contribution in [0, 0.1) is 0 Å². The highest BCUT2D eigenvalue weighted by molar-refractivity contribution is 5.83. The molecule has 0 spiro atoms. The summed E-state index contributed by atoms with van der Waals surface area (Å²) in [4.78, 5) is 34.9. The lowest BCUT2D eigenvalue weighted by atomic mass is 10.1. The number of aromatic nitrogens is 4. The van der Waals surface area contributed by atoms with Crippen LogP contribution in [0.5, 0.6) is 0 Å². The molecule has 1 fully saturated rings. The maximum atomic E-state index is 11.7. The van der Waals surface area contributed by atoms with Gasteiger partial charge in [-0.15, -0.1) is 0 Å². The normalized spacial score (nSPS) is 25.0. The summed E-state index contributed by atoms with van der Waals surface area (Å²) in [6.45, 7) is -0.158. The first-order valence-corrected chi connectivity index (χ1v) is 8.33. The molecule has 2 aromatic rings. The van der Waals surface area contributed by atoms with Crippen molar-refractivity contribution in [3.63, 3.8) is 0 Å². The molecule has 12 heteroatoms. The fraction of sp³-hybridized carbons (Fsp3) is 0.533. The van der Waals surface area contributed by atoms with Crippen molar-refractivity contribution >= 4 is 28.7 Å². The van der Waals surface area contributed by atoms with Crippen LogP contribution in [0.25, 0.3) is 11.2 Å². The van der Waals surface area contributed by atoms with E-state index in [1.165, 1.54) is 17.2 Å². The van der Waals surface area contributed by atoms with Gasteiger partial charge in [0.25, 0.3) is 0 Å². The number of aliphatic hydroxyl groups is 2. The third-order valence-corrected chi connectivity index (χ3v) is 4.29. The molecular weight excluding hydrogens is 360 g/mol. The van der Waals surface area contributed by atoms with E-state index in [1.54, 1.807) is 0 Å². The molecule has 146 valence electrons. The van der Waals surface area contributed by atoms with Crippen molar-refractivity contribution in [2.24, 2.45) is 0 Å². The molecule has 2 unspecified atom stereocenters. The van der Waals surface area contributed by atoms with Gasteiger partial charge in [0.2, 0.25) is 0 Å². The molecule has 4 atom stereocenters. The molecule has 0 saturated carbocycles. The number of carbonyl (C=O) groups is 2. The molecule has 27 heavy (non-hydrogen) atoms. The summed E-state index contributed by atoms with van der Waals surface area (Å²) in [7, 11) is 0. The molecule has 0 aliphatic carbocycles. The first-order chi connectivity index (χ1) is 12.9. The second-order valence-corrected chi connectivity index (χ2v) is 6.10. The van der Waals surface area contributed by atoms with Gasteiger partial charge in [-0.25, -0.2) is 15.0 Å². The highest BCUT2D eigenvalue weighted by atomic mass is 16.6. The molecule has 0 amide bonds. The number of fused-ring (bicyclic) bond motifs is 1. The summed E-state index contributed by atoms with van der Waals surface area (Å²) >= 11 is 0. The van der Waals surface area contributed by atoms with Crippen LogP contribution in [0.1, 0.15) is 19.1 Å². The molecule has 7 N–H and O–H groups in total. The molecule has 3 heterocycles. The van der Waals surface area contributed by atoms with Gasteiger partial charge >= 0.3 is 5.97 Å². The Balaban J connectivity index is 1.64. The summed E-state index contributed by atoms with van der Waals surface area (Å²) in [5, 5.41) is 20.5. The van der Waals surface area contributed by atoms with E-state index in [0.29, 0.717) is 11.2 Å². The van der Waals surface area contributed by atoms with Crippen LogP contribution in [-0.4, -0.2) is 72.9 Å². The smallest absolute Gasteiger partial charge is 0.306 e. The predicted octanol–water partition coefficient (Wildman–Crippen LogP) is -2.84. The van der Waals surface area contributed by atoms with Crippen molar-refractivity contribution in [3.05, 3.63) is 12.7 Å². The number of nitrogens with zero attached hydrogens (tertiary/aromatic N) is 4. The van der Waals surface area contributed by atoms with E-state index in [-0.39, 0.29) is 37.6 Å². The number of nitrogen functional groups attached to an aromatic ring is 1. The molecule has 1 aliphatic heterocycles. The Bertz CT molecular complexity index is 841. The molecule has 0 radical (unpaired) electrons. The molecule has 1 aliphatic rings. The lowest BCUT2D eigenvalue weighted by Gasteiger charge is -2.16. The van der Waals surface area contributed by atoms with Crippen molar-refractivity contribution in [1.29, 1.82) is 0 Å². The van der Waals surface area contributed by atoms with E-state index in [1.807, 2.05) is 0 Å². The van der Waals surface area contributed by atoms with E-state index in [2.05, 4.69) is 20.7 Å². The lowest BCUT2D eigenvalue weighted by molar-refractivity contribution is -0.354. The van der Waals surface area contributed by atoms with Crippen molar-refractivity contribution < 1.29 is 35.0 Å². The zero-order chi connectivity index (χ0) is 19.6. The van der Waals surface area contributed by atoms with Gasteiger partial charge in [0.05, 0.1) is 12.7 Å². The van der Waals surface area contributed by atoms with Crippen LogP contribution in [0.3, 0.4) is 0 Å². The van der Waals surface area contributed by atoms with E-state index < -0.39 is 30.5 Å². The van der Waals surface area contributed by atoms with Crippen molar-refractivity contribution in [1.82, 2.24) is 19.5 Å². The summed E-state index contributed by atoms with van der Waals surface area (Å²) in [5.74, 6) is -0.568. The predicted molar refractivity (Wildman–Crippen MR) is 88.6 cm³/mol. The number of esters is 1. The Kier molecular flexibility index (Phi) is 5.60. The van der Waals surface area contributed by atoms with E-state index in [4.69, 9.17) is 15.2 Å². The standard InChI is InChI=1S/C15H20N6O6/c16-3-7(22)1-2-9(23)26-4-8-11(24)12(25)15(27-8)21-6-20-10-13(17)18-5-19-14(10)21/h5-6,8,11-12,15,24-25H,1-4,16H2,(H2,17,18,19)/p+1/t8-,11?,12?,15-/m1/s1. The van der Waals surface area contributed by atoms with E-state index in [9.17, 15) is 19.8 Å². The number of imidazole rings is 1. The van der Waals surface area contributed by atoms with Crippen LogP contribution >= 0.6 is 0 Å². The number of Topliss-reactive ketones (excluding diaryl/α,β-unsaturated/α-hetero) is 1. The number of carbonyl (C=O) groups excluding carboxylic acids is 2. The third-order valence-electron chi connectivity index (χ3n) is 4.29. The number of ketones is 1. The molecule has 1 saturated heterocycles. The summed E-state index contributed by atoms with van der Waals surface area (Å²) in [5.41, 5.74) is 9.85. The Hall–Kier alpha value is -2.67. The van der Waals surface area contributed by atoms with Gasteiger partial charge in [-0.2, -0.15) is 0 Å². The number of anilines is 1. The summed E-state index contributed by atoms with van der Waals surface area (Å²) in [6, 6.07) is 0. The van der Waals surface area contributed by atoms with Crippen LogP contribution in [-0.2, 0) is 19.1 Å². The average Bonchev–Trinajstić information content (AvgIpc) is 3.21. The van der Waals surface area contributed by atoms with Gasteiger partial charge in [0, 0.05) is 6.42 Å². The van der Waals surface area contributed by atoms with Crippen molar-refractivity contribution in [2.45, 2.75) is 37.4 Å². The highest BCUT2D eigenvalue weighted by Gasteiger charge is 2.44. The Labute approximate surface area is 153 Å². The SMILES string of the molecule is Nc1ncnc2c1ncn2[C@@H]1O[C@H](COC(=O)CCC(=O)C[NH3+])C(O)C1O. The summed E-state index contributed by atoms with van der Waals surface area (Å²) in [6.07, 6.45) is -1.94. The number of hydrogen-bond acceptors (Lipinski definition) is 10. The number of quaternary nitrogens is 1. The second-order valence-electron chi connectivity index (χ2n) is 6.10. The maximum Gasteiger partial charge on any atom is 0.306 e. The monoisotopic (exact) mass is 381 g/mol. The molecule has 2 aromatic heterocycles. The first-order valence-electron chi connectivity index (χ1n) is 8.33. The van der Waals surface area contributed by atoms with E-state index >= 15 is 0 Å². The minimum atomic E-state index is -1.30. The van der Waals surface area contributed by atoms with Crippen molar-refractivity contribution in [3.8, 4) is 0 Å². The van der Waals surface area contributed by atoms with Gasteiger partial charge in [-0.1, -0.05) is 0 Å². The fourth-order valence-corrected chi connectivity index (χ4v) is 2.77. The number of hydrogen-bond donors (Lipinski definition) is 4. The maximum absolute atomic E-state index is 11.7. The quantitative estimate of drug-likeness (QED) is 0.363. The number of aliphatic hydroxyl groups excluding tert-OH is 2. The largest absolute Gasteiger partial charge is 0.463 e. The van der Waals surface area contributed by atoms with Gasteiger partial charge in [0.1, 0.15) is 43.3 Å². The molecule has 12 nitrogen and oxygen atoms in total. The molecule has 0 bridgehead atoms. The van der Waals surface area contributed by atoms with Crippen LogP contribution in [0.4, 0.5) is 5.82 Å². The average molecular weight is 381 g/mol. The minimum Gasteiger partial charge on any atom is -0.463 e. The molecular formula is C15H21N6O6+. The topological polar surface area (TPSA) is 190 Å². The van der Waals surface area contributed by atoms with E-state index in [0.717, 1.165) is 0 Å². The second kappa shape index (κ2) is 7.92. The molecule has 0 aromatic carbocycles. The van der Waals surface area contributed by atoms with Gasteiger partial charge in [-0.05, 0) is 0 Å². The fourth-order valence-electron chi connectivity index (χ4n) is 2.77. The zero-order valence-corrected chi connectivity index (χ0v) is 14.4. The first kappa shape index (κ1) is 19.1. The van der Waals surface area contributed by atoms with Gasteiger partial charge in [-0.3, -0.25) is 14.2 Å². The Morgan fingerprint density at radius 1 is 1.26 bits per heavy atom. The zero-order valence-electron chi connectivity index (χ0n) is 14.4.